The van der Waals surface area contributed by atoms with E-state index in [0.29, 0.717) is 28.3 Å². The first-order valence-corrected chi connectivity index (χ1v) is 8.96. The molecule has 3 aromatic rings. The van der Waals surface area contributed by atoms with Crippen LogP contribution in [0.4, 0.5) is 0 Å². The summed E-state index contributed by atoms with van der Waals surface area (Å²) in [5, 5.41) is 10.1. The molecule has 0 aromatic carbocycles. The highest BCUT2D eigenvalue weighted by Gasteiger charge is 2.20. The molecule has 3 aromatic heterocycles. The smallest absolute Gasteiger partial charge is 0.261 e. The fraction of sp³-hybridized carbons (Fsp3) is 0.294. The zero-order valence-corrected chi connectivity index (χ0v) is 14.3. The van der Waals surface area contributed by atoms with E-state index < -0.39 is 0 Å². The number of carbonyl (C=O) groups is 1. The van der Waals surface area contributed by atoms with Gasteiger partial charge in [0.15, 0.2) is 0 Å². The SMILES string of the molecule is O=C(NCc1nc(-c2ccccn2)no1)c1ccc([C@@H]2CCCN2)s1. The van der Waals surface area contributed by atoms with Gasteiger partial charge in [0.05, 0.1) is 11.4 Å². The van der Waals surface area contributed by atoms with Crippen molar-refractivity contribution in [3.8, 4) is 11.5 Å². The van der Waals surface area contributed by atoms with Crippen LogP contribution in [0.5, 0.6) is 0 Å². The van der Waals surface area contributed by atoms with E-state index in [0.717, 1.165) is 13.0 Å². The summed E-state index contributed by atoms with van der Waals surface area (Å²) in [4.78, 5) is 22.6. The van der Waals surface area contributed by atoms with Crippen molar-refractivity contribution in [2.24, 2.45) is 0 Å². The van der Waals surface area contributed by atoms with Crippen molar-refractivity contribution >= 4 is 17.2 Å². The molecule has 1 aliphatic heterocycles. The summed E-state index contributed by atoms with van der Waals surface area (Å²) in [6.07, 6.45) is 3.97. The molecular formula is C17H17N5O2S. The molecule has 0 radical (unpaired) electrons. The lowest BCUT2D eigenvalue weighted by Crippen LogP contribution is -2.22. The summed E-state index contributed by atoms with van der Waals surface area (Å²) in [7, 11) is 0. The maximum Gasteiger partial charge on any atom is 0.261 e. The summed E-state index contributed by atoms with van der Waals surface area (Å²) >= 11 is 1.52. The third-order valence-electron chi connectivity index (χ3n) is 4.02. The van der Waals surface area contributed by atoms with Crippen LogP contribution in [0.25, 0.3) is 11.5 Å². The second kappa shape index (κ2) is 7.12. The molecule has 1 aliphatic rings. The van der Waals surface area contributed by atoms with E-state index in [9.17, 15) is 4.79 Å². The van der Waals surface area contributed by atoms with E-state index >= 15 is 0 Å². The topological polar surface area (TPSA) is 92.9 Å². The number of nitrogens with zero attached hydrogens (tertiary/aromatic N) is 3. The molecule has 4 rings (SSSR count). The molecule has 4 heterocycles. The Labute approximate surface area is 148 Å². The van der Waals surface area contributed by atoms with Gasteiger partial charge in [-0.1, -0.05) is 11.2 Å². The number of hydrogen-bond acceptors (Lipinski definition) is 7. The average molecular weight is 355 g/mol. The Bertz CT molecular complexity index is 855. The largest absolute Gasteiger partial charge is 0.342 e. The molecule has 8 heteroatoms. The number of carbonyl (C=O) groups excluding carboxylic acids is 1. The minimum Gasteiger partial charge on any atom is -0.342 e. The van der Waals surface area contributed by atoms with Gasteiger partial charge in [-0.05, 0) is 43.7 Å². The summed E-state index contributed by atoms with van der Waals surface area (Å²) < 4.78 is 5.17. The third kappa shape index (κ3) is 3.59. The van der Waals surface area contributed by atoms with Crippen molar-refractivity contribution < 1.29 is 9.32 Å². The molecule has 0 bridgehead atoms. The first-order valence-electron chi connectivity index (χ1n) is 8.15. The molecule has 7 nitrogen and oxygen atoms in total. The third-order valence-corrected chi connectivity index (χ3v) is 5.21. The van der Waals surface area contributed by atoms with Crippen LogP contribution in [-0.2, 0) is 6.54 Å². The molecule has 0 aliphatic carbocycles. The van der Waals surface area contributed by atoms with Crippen LogP contribution in [0.15, 0.2) is 41.1 Å². The van der Waals surface area contributed by atoms with Gasteiger partial charge in [-0.2, -0.15) is 4.98 Å². The van der Waals surface area contributed by atoms with Crippen LogP contribution >= 0.6 is 11.3 Å². The first-order chi connectivity index (χ1) is 12.3. The Morgan fingerprint density at radius 3 is 3.12 bits per heavy atom. The monoisotopic (exact) mass is 355 g/mol. The zero-order chi connectivity index (χ0) is 17.1. The Hall–Kier alpha value is -2.58. The summed E-state index contributed by atoms with van der Waals surface area (Å²) in [6.45, 7) is 1.23. The molecule has 1 atom stereocenters. The number of pyridine rings is 1. The molecule has 1 amide bonds. The zero-order valence-electron chi connectivity index (χ0n) is 13.4. The number of aromatic nitrogens is 3. The van der Waals surface area contributed by atoms with Crippen molar-refractivity contribution in [3.63, 3.8) is 0 Å². The van der Waals surface area contributed by atoms with Crippen LogP contribution in [0.2, 0.25) is 0 Å². The minimum absolute atomic E-state index is 0.133. The second-order valence-electron chi connectivity index (χ2n) is 5.76. The normalized spacial score (nSPS) is 16.9. The highest BCUT2D eigenvalue weighted by Crippen LogP contribution is 2.29. The van der Waals surface area contributed by atoms with E-state index in [1.165, 1.54) is 22.6 Å². The predicted octanol–water partition coefficient (Wildman–Crippen LogP) is 2.55. The molecule has 1 saturated heterocycles. The molecule has 1 fully saturated rings. The van der Waals surface area contributed by atoms with Gasteiger partial charge in [0.25, 0.3) is 5.91 Å². The molecule has 0 spiro atoms. The van der Waals surface area contributed by atoms with Crippen LogP contribution in [0.3, 0.4) is 0 Å². The molecule has 0 unspecified atom stereocenters. The van der Waals surface area contributed by atoms with E-state index in [4.69, 9.17) is 4.52 Å². The van der Waals surface area contributed by atoms with E-state index in [2.05, 4.69) is 25.8 Å². The van der Waals surface area contributed by atoms with Gasteiger partial charge < -0.3 is 15.2 Å². The first kappa shape index (κ1) is 15.9. The summed E-state index contributed by atoms with van der Waals surface area (Å²) in [5.41, 5.74) is 0.635. The molecule has 2 N–H and O–H groups in total. The van der Waals surface area contributed by atoms with Crippen molar-refractivity contribution in [1.82, 2.24) is 25.8 Å². The number of amides is 1. The molecular weight excluding hydrogens is 338 g/mol. The Morgan fingerprint density at radius 2 is 2.32 bits per heavy atom. The maximum absolute atomic E-state index is 12.3. The average Bonchev–Trinajstić information content (AvgIpc) is 3.41. The lowest BCUT2D eigenvalue weighted by atomic mass is 10.2. The highest BCUT2D eigenvalue weighted by atomic mass is 32.1. The van der Waals surface area contributed by atoms with Crippen LogP contribution in [0.1, 0.15) is 39.3 Å². The van der Waals surface area contributed by atoms with Crippen LogP contribution in [0, 0.1) is 0 Å². The van der Waals surface area contributed by atoms with Crippen molar-refractivity contribution in [2.75, 3.05) is 6.54 Å². The number of nitrogens with one attached hydrogen (secondary N) is 2. The second-order valence-corrected chi connectivity index (χ2v) is 6.88. The van der Waals surface area contributed by atoms with Crippen molar-refractivity contribution in [3.05, 3.63) is 52.2 Å². The van der Waals surface area contributed by atoms with Gasteiger partial charge in [-0.15, -0.1) is 11.3 Å². The van der Waals surface area contributed by atoms with Gasteiger partial charge in [0.1, 0.15) is 5.69 Å². The number of rotatable bonds is 5. The van der Waals surface area contributed by atoms with Crippen molar-refractivity contribution in [2.45, 2.75) is 25.4 Å². The Balaban J connectivity index is 1.37. The highest BCUT2D eigenvalue weighted by molar-refractivity contribution is 7.14. The van der Waals surface area contributed by atoms with Gasteiger partial charge >= 0.3 is 0 Å². The summed E-state index contributed by atoms with van der Waals surface area (Å²) in [6, 6.07) is 9.74. The summed E-state index contributed by atoms with van der Waals surface area (Å²) in [5.74, 6) is 0.630. The standard InChI is InChI=1S/C17H17N5O2S/c23-17(14-7-6-13(25-14)11-5-3-9-18-11)20-10-15-21-16(22-24-15)12-4-1-2-8-19-12/h1-2,4,6-8,11,18H,3,5,9-10H2,(H,20,23)/t11-/m0/s1. The fourth-order valence-electron chi connectivity index (χ4n) is 2.76. The van der Waals surface area contributed by atoms with E-state index in [-0.39, 0.29) is 12.5 Å². The Kier molecular flexibility index (Phi) is 4.53. The Morgan fingerprint density at radius 1 is 1.36 bits per heavy atom. The molecule has 0 saturated carbocycles. The predicted molar refractivity (Wildman–Crippen MR) is 93.0 cm³/mol. The van der Waals surface area contributed by atoms with Gasteiger partial charge in [0, 0.05) is 17.1 Å². The lowest BCUT2D eigenvalue weighted by Gasteiger charge is -2.05. The minimum atomic E-state index is -0.133. The van der Waals surface area contributed by atoms with Gasteiger partial charge in [0.2, 0.25) is 11.7 Å². The van der Waals surface area contributed by atoms with Crippen molar-refractivity contribution in [1.29, 1.82) is 0 Å². The molecule has 128 valence electrons. The lowest BCUT2D eigenvalue weighted by molar-refractivity contribution is 0.0950. The number of hydrogen-bond donors (Lipinski definition) is 2. The van der Waals surface area contributed by atoms with E-state index in [1.54, 1.807) is 12.3 Å². The van der Waals surface area contributed by atoms with Gasteiger partial charge in [-0.3, -0.25) is 9.78 Å². The van der Waals surface area contributed by atoms with Crippen LogP contribution < -0.4 is 10.6 Å². The van der Waals surface area contributed by atoms with Crippen LogP contribution in [-0.4, -0.2) is 27.6 Å². The van der Waals surface area contributed by atoms with E-state index in [1.807, 2.05) is 24.3 Å². The quantitative estimate of drug-likeness (QED) is 0.731. The fourth-order valence-corrected chi connectivity index (χ4v) is 3.79. The molecule has 25 heavy (non-hydrogen) atoms. The maximum atomic E-state index is 12.3. The van der Waals surface area contributed by atoms with Gasteiger partial charge in [-0.25, -0.2) is 0 Å². The number of thiophene rings is 1.